The number of hydrogen-bond donors (Lipinski definition) is 3. The van der Waals surface area contributed by atoms with E-state index in [9.17, 15) is 13.6 Å². The molecule has 10 heteroatoms. The molecule has 3 N–H and O–H groups in total. The SMILES string of the molecule is Cc1oncc1C(=O)NC(=NC1(C)CCCC1)Nc1cc(-c2cc(F)cc(F)c2)[nH]n1. The lowest BCUT2D eigenvalue weighted by Gasteiger charge is -2.20. The van der Waals surface area contributed by atoms with Crippen LogP contribution in [0.5, 0.6) is 0 Å². The first-order chi connectivity index (χ1) is 14.8. The number of aromatic nitrogens is 3. The van der Waals surface area contributed by atoms with Crippen molar-refractivity contribution >= 4 is 17.7 Å². The molecule has 8 nitrogen and oxygen atoms in total. The number of aromatic amines is 1. The highest BCUT2D eigenvalue weighted by Gasteiger charge is 2.29. The molecule has 31 heavy (non-hydrogen) atoms. The smallest absolute Gasteiger partial charge is 0.263 e. The maximum atomic E-state index is 13.5. The van der Waals surface area contributed by atoms with Gasteiger partial charge in [-0.05, 0) is 38.8 Å². The fourth-order valence-electron chi connectivity index (χ4n) is 3.66. The summed E-state index contributed by atoms with van der Waals surface area (Å²) in [4.78, 5) is 17.4. The molecule has 0 atom stereocenters. The summed E-state index contributed by atoms with van der Waals surface area (Å²) < 4.78 is 32.0. The molecule has 0 saturated heterocycles. The minimum atomic E-state index is -0.688. The number of rotatable bonds is 4. The molecule has 0 radical (unpaired) electrons. The third-order valence-electron chi connectivity index (χ3n) is 5.29. The minimum Gasteiger partial charge on any atom is -0.361 e. The number of aliphatic imine (C=N–C) groups is 1. The molecule has 1 aromatic carbocycles. The molecule has 1 aliphatic carbocycles. The van der Waals surface area contributed by atoms with Gasteiger partial charge in [0.15, 0.2) is 5.82 Å². The molecule has 1 saturated carbocycles. The van der Waals surface area contributed by atoms with E-state index in [-0.39, 0.29) is 11.5 Å². The summed E-state index contributed by atoms with van der Waals surface area (Å²) in [6.07, 6.45) is 5.25. The average Bonchev–Trinajstić information content (AvgIpc) is 3.42. The summed E-state index contributed by atoms with van der Waals surface area (Å²) in [5.74, 6) is -0.853. The number of anilines is 1. The van der Waals surface area contributed by atoms with E-state index in [0.29, 0.717) is 28.4 Å². The molecule has 1 amide bonds. The van der Waals surface area contributed by atoms with Crippen molar-refractivity contribution in [3.8, 4) is 11.3 Å². The summed E-state index contributed by atoms with van der Waals surface area (Å²) in [5, 5.41) is 16.3. The van der Waals surface area contributed by atoms with E-state index in [2.05, 4.69) is 26.0 Å². The Morgan fingerprint density at radius 3 is 2.55 bits per heavy atom. The third-order valence-corrected chi connectivity index (χ3v) is 5.29. The Hall–Kier alpha value is -3.56. The number of carbonyl (C=O) groups is 1. The number of H-pyrrole nitrogens is 1. The van der Waals surface area contributed by atoms with Crippen LogP contribution in [-0.4, -0.2) is 32.8 Å². The quantitative estimate of drug-likeness (QED) is 0.427. The highest BCUT2D eigenvalue weighted by Crippen LogP contribution is 2.33. The van der Waals surface area contributed by atoms with Gasteiger partial charge in [-0.3, -0.25) is 15.2 Å². The van der Waals surface area contributed by atoms with Gasteiger partial charge in [-0.25, -0.2) is 13.8 Å². The van der Waals surface area contributed by atoms with Gasteiger partial charge in [-0.15, -0.1) is 0 Å². The van der Waals surface area contributed by atoms with E-state index in [1.165, 1.54) is 18.3 Å². The van der Waals surface area contributed by atoms with Gasteiger partial charge in [-0.2, -0.15) is 5.10 Å². The molecule has 1 aliphatic rings. The van der Waals surface area contributed by atoms with Crippen LogP contribution in [0.15, 0.2) is 40.0 Å². The van der Waals surface area contributed by atoms with Gasteiger partial charge in [0.1, 0.15) is 23.0 Å². The second-order valence-electron chi connectivity index (χ2n) is 7.86. The number of hydrogen-bond acceptors (Lipinski definition) is 5. The Morgan fingerprint density at radius 1 is 1.19 bits per heavy atom. The Morgan fingerprint density at radius 2 is 1.90 bits per heavy atom. The normalized spacial score (nSPS) is 15.8. The van der Waals surface area contributed by atoms with Crippen molar-refractivity contribution < 1.29 is 18.1 Å². The number of nitrogens with one attached hydrogen (secondary N) is 3. The standard InChI is InChI=1S/C21H22F2N6O2/c1-12-16(11-24-31-12)19(30)26-20(27-21(2)5-3-4-6-21)25-18-10-17(28-29-18)13-7-14(22)9-15(23)8-13/h7-11H,3-6H2,1-2H3,(H3,25,26,27,28,29,30). The lowest BCUT2D eigenvalue weighted by Crippen LogP contribution is -2.38. The maximum Gasteiger partial charge on any atom is 0.263 e. The van der Waals surface area contributed by atoms with Gasteiger partial charge in [0.25, 0.3) is 5.91 Å². The molecule has 162 valence electrons. The van der Waals surface area contributed by atoms with Gasteiger partial charge in [0.2, 0.25) is 5.96 Å². The van der Waals surface area contributed by atoms with E-state index in [1.807, 2.05) is 6.92 Å². The van der Waals surface area contributed by atoms with Crippen molar-refractivity contribution in [1.82, 2.24) is 20.7 Å². The van der Waals surface area contributed by atoms with Gasteiger partial charge in [-0.1, -0.05) is 18.0 Å². The van der Waals surface area contributed by atoms with Crippen molar-refractivity contribution in [3.05, 3.63) is 53.4 Å². The summed E-state index contributed by atoms with van der Waals surface area (Å²) in [5.41, 5.74) is 0.699. The molecule has 2 heterocycles. The lowest BCUT2D eigenvalue weighted by molar-refractivity contribution is 0.0975. The van der Waals surface area contributed by atoms with Gasteiger partial charge in [0, 0.05) is 17.7 Å². The van der Waals surface area contributed by atoms with Crippen molar-refractivity contribution in [1.29, 1.82) is 0 Å². The summed E-state index contributed by atoms with van der Waals surface area (Å²) in [6, 6.07) is 4.78. The largest absolute Gasteiger partial charge is 0.361 e. The number of guanidine groups is 1. The molecule has 0 bridgehead atoms. The number of benzene rings is 1. The molecule has 0 aliphatic heterocycles. The minimum absolute atomic E-state index is 0.221. The highest BCUT2D eigenvalue weighted by molar-refractivity contribution is 6.10. The monoisotopic (exact) mass is 428 g/mol. The van der Waals surface area contributed by atoms with Crippen molar-refractivity contribution in [3.63, 3.8) is 0 Å². The van der Waals surface area contributed by atoms with Gasteiger partial charge in [0.05, 0.1) is 17.4 Å². The van der Waals surface area contributed by atoms with E-state index in [0.717, 1.165) is 31.7 Å². The molecule has 2 aromatic heterocycles. The van der Waals surface area contributed by atoms with Crippen LogP contribution in [0.1, 0.15) is 48.7 Å². The summed E-state index contributed by atoms with van der Waals surface area (Å²) in [7, 11) is 0. The van der Waals surface area contributed by atoms with E-state index in [4.69, 9.17) is 9.52 Å². The number of nitrogens with zero attached hydrogens (tertiary/aromatic N) is 3. The predicted molar refractivity (Wildman–Crippen MR) is 111 cm³/mol. The Bertz CT molecular complexity index is 1110. The zero-order chi connectivity index (χ0) is 22.0. The fourth-order valence-corrected chi connectivity index (χ4v) is 3.66. The molecular formula is C21H22F2N6O2. The maximum absolute atomic E-state index is 13.5. The first kappa shape index (κ1) is 20.7. The third kappa shape index (κ3) is 4.79. The van der Waals surface area contributed by atoms with Crippen LogP contribution in [-0.2, 0) is 0 Å². The molecule has 1 fully saturated rings. The zero-order valence-electron chi connectivity index (χ0n) is 17.1. The Kier molecular flexibility index (Phi) is 5.53. The first-order valence-corrected chi connectivity index (χ1v) is 9.93. The zero-order valence-corrected chi connectivity index (χ0v) is 17.1. The van der Waals surface area contributed by atoms with Crippen molar-refractivity contribution in [2.45, 2.75) is 45.1 Å². The number of halogens is 2. The number of amides is 1. The highest BCUT2D eigenvalue weighted by atomic mass is 19.1. The van der Waals surface area contributed by atoms with Crippen LogP contribution in [0.25, 0.3) is 11.3 Å². The number of carbonyl (C=O) groups excluding carboxylic acids is 1. The van der Waals surface area contributed by atoms with Gasteiger partial charge < -0.3 is 9.84 Å². The molecule has 4 rings (SSSR count). The van der Waals surface area contributed by atoms with Gasteiger partial charge >= 0.3 is 0 Å². The van der Waals surface area contributed by atoms with Crippen LogP contribution in [0.4, 0.5) is 14.6 Å². The molecular weight excluding hydrogens is 406 g/mol. The summed E-state index contributed by atoms with van der Waals surface area (Å²) in [6.45, 7) is 3.67. The second-order valence-corrected chi connectivity index (χ2v) is 7.86. The molecule has 0 spiro atoms. The average molecular weight is 428 g/mol. The Balaban J connectivity index is 1.59. The van der Waals surface area contributed by atoms with E-state index in [1.54, 1.807) is 13.0 Å². The van der Waals surface area contributed by atoms with Crippen molar-refractivity contribution in [2.24, 2.45) is 4.99 Å². The summed E-state index contributed by atoms with van der Waals surface area (Å²) >= 11 is 0. The first-order valence-electron chi connectivity index (χ1n) is 9.93. The molecule has 0 unspecified atom stereocenters. The van der Waals surface area contributed by atoms with E-state index >= 15 is 0 Å². The van der Waals surface area contributed by atoms with Crippen molar-refractivity contribution in [2.75, 3.05) is 5.32 Å². The fraction of sp³-hybridized carbons (Fsp3) is 0.333. The topological polar surface area (TPSA) is 108 Å². The van der Waals surface area contributed by atoms with E-state index < -0.39 is 17.5 Å². The van der Waals surface area contributed by atoms with Crippen LogP contribution in [0.2, 0.25) is 0 Å². The number of aryl methyl sites for hydroxylation is 1. The Labute approximate surface area is 177 Å². The lowest BCUT2D eigenvalue weighted by atomic mass is 10.0. The molecule has 3 aromatic rings. The second kappa shape index (κ2) is 8.29. The van der Waals surface area contributed by atoms with Crippen LogP contribution >= 0.6 is 0 Å². The van der Waals surface area contributed by atoms with Crippen LogP contribution in [0, 0.1) is 18.6 Å². The predicted octanol–water partition coefficient (Wildman–Crippen LogP) is 4.18. The van der Waals surface area contributed by atoms with Crippen LogP contribution in [0.3, 0.4) is 0 Å². The van der Waals surface area contributed by atoms with Crippen LogP contribution < -0.4 is 10.6 Å².